The summed E-state index contributed by atoms with van der Waals surface area (Å²) in [7, 11) is 1.62. The van der Waals surface area contributed by atoms with E-state index in [0.717, 1.165) is 16.9 Å². The van der Waals surface area contributed by atoms with Crippen LogP contribution in [0.5, 0.6) is 5.75 Å². The minimum absolute atomic E-state index is 0.366. The summed E-state index contributed by atoms with van der Waals surface area (Å²) in [4.78, 5) is 4.34. The minimum Gasteiger partial charge on any atom is -0.619 e. The van der Waals surface area contributed by atoms with Crippen LogP contribution in [0.2, 0.25) is 0 Å². The first-order valence-electron chi connectivity index (χ1n) is 6.35. The molecule has 2 heterocycles. The molecule has 0 N–H and O–H groups in total. The molecule has 0 unspecified atom stereocenters. The second-order valence-electron chi connectivity index (χ2n) is 4.55. The van der Waals surface area contributed by atoms with Gasteiger partial charge in [-0.05, 0) is 18.6 Å². The van der Waals surface area contributed by atoms with Crippen molar-refractivity contribution in [2.75, 3.05) is 7.11 Å². The van der Waals surface area contributed by atoms with Gasteiger partial charge in [0.15, 0.2) is 12.4 Å². The summed E-state index contributed by atoms with van der Waals surface area (Å²) in [6.45, 7) is 1.96. The molecular formula is C15H13N3O3. The summed E-state index contributed by atoms with van der Waals surface area (Å²) >= 11 is 0. The summed E-state index contributed by atoms with van der Waals surface area (Å²) in [6, 6.07) is 8.96. The molecule has 0 saturated heterocycles. The zero-order chi connectivity index (χ0) is 14.8. The lowest BCUT2D eigenvalue weighted by molar-refractivity contribution is -0.605. The molecule has 0 aliphatic carbocycles. The molecule has 106 valence electrons. The fourth-order valence-corrected chi connectivity index (χ4v) is 1.97. The number of hydrogen-bond donors (Lipinski definition) is 0. The molecule has 1 aromatic carbocycles. The molecule has 0 bridgehead atoms. The summed E-state index contributed by atoms with van der Waals surface area (Å²) in [5.74, 6) is 1.61. The zero-order valence-corrected chi connectivity index (χ0v) is 11.6. The predicted molar refractivity (Wildman–Crippen MR) is 75.4 cm³/mol. The first kappa shape index (κ1) is 13.1. The van der Waals surface area contributed by atoms with Crippen LogP contribution in [0, 0.1) is 12.1 Å². The number of ether oxygens (including phenoxy) is 1. The zero-order valence-electron chi connectivity index (χ0n) is 11.6. The maximum Gasteiger partial charge on any atom is 0.258 e. The summed E-state index contributed by atoms with van der Waals surface area (Å²) in [6.07, 6.45) is 2.77. The van der Waals surface area contributed by atoms with Crippen molar-refractivity contribution in [2.45, 2.75) is 6.92 Å². The number of hydrogen-bond acceptors (Lipinski definition) is 5. The number of rotatable bonds is 3. The van der Waals surface area contributed by atoms with E-state index in [1.807, 2.05) is 25.1 Å². The van der Waals surface area contributed by atoms with Crippen molar-refractivity contribution >= 4 is 0 Å². The third kappa shape index (κ3) is 2.55. The Morgan fingerprint density at radius 3 is 2.62 bits per heavy atom. The maximum absolute atomic E-state index is 11.0. The Morgan fingerprint density at radius 2 is 1.90 bits per heavy atom. The Balaban J connectivity index is 1.96. The summed E-state index contributed by atoms with van der Waals surface area (Å²) < 4.78 is 11.2. The van der Waals surface area contributed by atoms with Crippen molar-refractivity contribution in [3.8, 4) is 28.6 Å². The van der Waals surface area contributed by atoms with Gasteiger partial charge in [-0.3, -0.25) is 0 Å². The van der Waals surface area contributed by atoms with Crippen molar-refractivity contribution in [1.29, 1.82) is 0 Å². The molecule has 0 aliphatic heterocycles. The molecule has 0 atom stereocenters. The normalized spacial score (nSPS) is 10.6. The van der Waals surface area contributed by atoms with E-state index in [4.69, 9.17) is 9.26 Å². The first-order chi connectivity index (χ1) is 10.2. The second kappa shape index (κ2) is 5.24. The van der Waals surface area contributed by atoms with E-state index in [9.17, 15) is 5.21 Å². The van der Waals surface area contributed by atoms with Gasteiger partial charge in [0.2, 0.25) is 5.82 Å². The second-order valence-corrected chi connectivity index (χ2v) is 4.55. The predicted octanol–water partition coefficient (Wildman–Crippen LogP) is 2.35. The van der Waals surface area contributed by atoms with Crippen molar-refractivity contribution in [1.82, 2.24) is 10.1 Å². The molecule has 6 heteroatoms. The molecule has 3 aromatic rings. The number of nitrogens with zero attached hydrogens (tertiary/aromatic N) is 3. The van der Waals surface area contributed by atoms with Gasteiger partial charge in [-0.1, -0.05) is 17.3 Å². The SMILES string of the molecule is COc1cc(-c2noc(-c3cc[n+]([O-])cc3)n2)ccc1C. The fraction of sp³-hybridized carbons (Fsp3) is 0.133. The van der Waals surface area contributed by atoms with Crippen LogP contribution in [-0.4, -0.2) is 17.3 Å². The molecule has 2 aromatic heterocycles. The third-order valence-electron chi connectivity index (χ3n) is 3.14. The number of benzene rings is 1. The third-order valence-corrected chi connectivity index (χ3v) is 3.14. The Labute approximate surface area is 121 Å². The standard InChI is InChI=1S/C15H13N3O3/c1-10-3-4-12(9-13(10)20-2)14-16-15(21-17-14)11-5-7-18(19)8-6-11/h3-9H,1-2H3. The molecule has 0 amide bonds. The molecule has 0 saturated carbocycles. The summed E-state index contributed by atoms with van der Waals surface area (Å²) in [5, 5.41) is 15.0. The molecule has 0 aliphatic rings. The van der Waals surface area contributed by atoms with Crippen molar-refractivity contribution in [2.24, 2.45) is 0 Å². The van der Waals surface area contributed by atoms with Gasteiger partial charge in [0.05, 0.1) is 12.7 Å². The highest BCUT2D eigenvalue weighted by atomic mass is 16.5. The topological polar surface area (TPSA) is 75.1 Å². The Bertz CT molecular complexity index is 766. The molecule has 0 radical (unpaired) electrons. The van der Waals surface area contributed by atoms with Crippen LogP contribution in [0.15, 0.2) is 47.2 Å². The van der Waals surface area contributed by atoms with E-state index in [1.165, 1.54) is 12.4 Å². The van der Waals surface area contributed by atoms with Gasteiger partial charge in [-0.2, -0.15) is 9.71 Å². The molecule has 6 nitrogen and oxygen atoms in total. The molecular weight excluding hydrogens is 270 g/mol. The number of methoxy groups -OCH3 is 1. The average Bonchev–Trinajstić information content (AvgIpc) is 2.98. The largest absolute Gasteiger partial charge is 0.619 e. The average molecular weight is 283 g/mol. The van der Waals surface area contributed by atoms with Crippen LogP contribution >= 0.6 is 0 Å². The van der Waals surface area contributed by atoms with Crippen molar-refractivity contribution in [3.63, 3.8) is 0 Å². The smallest absolute Gasteiger partial charge is 0.258 e. The van der Waals surface area contributed by atoms with E-state index in [2.05, 4.69) is 10.1 Å². The Morgan fingerprint density at radius 1 is 1.14 bits per heavy atom. The first-order valence-corrected chi connectivity index (χ1v) is 6.35. The van der Waals surface area contributed by atoms with Crippen LogP contribution in [0.3, 0.4) is 0 Å². The molecule has 3 rings (SSSR count). The van der Waals surface area contributed by atoms with Gasteiger partial charge >= 0.3 is 0 Å². The van der Waals surface area contributed by atoms with Gasteiger partial charge in [0, 0.05) is 17.7 Å². The van der Waals surface area contributed by atoms with Gasteiger partial charge in [-0.15, -0.1) is 0 Å². The highest BCUT2D eigenvalue weighted by Crippen LogP contribution is 2.26. The number of pyridine rings is 1. The summed E-state index contributed by atoms with van der Waals surface area (Å²) in [5.41, 5.74) is 2.54. The molecule has 0 spiro atoms. The Kier molecular flexibility index (Phi) is 3.27. The number of aryl methyl sites for hydroxylation is 1. The van der Waals surface area contributed by atoms with Crippen molar-refractivity contribution in [3.05, 3.63) is 53.5 Å². The fourth-order valence-electron chi connectivity index (χ4n) is 1.97. The van der Waals surface area contributed by atoms with E-state index in [-0.39, 0.29) is 0 Å². The molecule has 0 fully saturated rings. The highest BCUT2D eigenvalue weighted by molar-refractivity contribution is 5.61. The van der Waals surface area contributed by atoms with Gasteiger partial charge in [0.25, 0.3) is 5.89 Å². The van der Waals surface area contributed by atoms with Gasteiger partial charge in [0.1, 0.15) is 5.75 Å². The quantitative estimate of drug-likeness (QED) is 0.545. The maximum atomic E-state index is 11.0. The van der Waals surface area contributed by atoms with E-state index in [1.54, 1.807) is 19.2 Å². The monoisotopic (exact) mass is 283 g/mol. The lowest BCUT2D eigenvalue weighted by Crippen LogP contribution is -2.23. The molecule has 21 heavy (non-hydrogen) atoms. The van der Waals surface area contributed by atoms with Crippen molar-refractivity contribution < 1.29 is 14.0 Å². The lowest BCUT2D eigenvalue weighted by Gasteiger charge is -2.04. The highest BCUT2D eigenvalue weighted by Gasteiger charge is 2.12. The van der Waals surface area contributed by atoms with E-state index in [0.29, 0.717) is 22.0 Å². The van der Waals surface area contributed by atoms with Crippen LogP contribution in [0.1, 0.15) is 5.56 Å². The van der Waals surface area contributed by atoms with Crippen LogP contribution < -0.4 is 9.47 Å². The minimum atomic E-state index is 0.366. The Hall–Kier alpha value is -2.89. The van der Waals surface area contributed by atoms with E-state index >= 15 is 0 Å². The van der Waals surface area contributed by atoms with Crippen LogP contribution in [0.25, 0.3) is 22.8 Å². The van der Waals surface area contributed by atoms with Gasteiger partial charge < -0.3 is 14.5 Å². The lowest BCUT2D eigenvalue weighted by atomic mass is 10.1. The van der Waals surface area contributed by atoms with Crippen LogP contribution in [0.4, 0.5) is 0 Å². The van der Waals surface area contributed by atoms with E-state index < -0.39 is 0 Å². The number of aromatic nitrogens is 3. The van der Waals surface area contributed by atoms with Gasteiger partial charge in [-0.25, -0.2) is 0 Å². The van der Waals surface area contributed by atoms with Crippen LogP contribution in [-0.2, 0) is 0 Å².